The van der Waals surface area contributed by atoms with Gasteiger partial charge in [0.2, 0.25) is 0 Å². The van der Waals surface area contributed by atoms with Gasteiger partial charge in [-0.25, -0.2) is 4.79 Å². The van der Waals surface area contributed by atoms with Crippen molar-refractivity contribution < 1.29 is 14.6 Å². The van der Waals surface area contributed by atoms with E-state index in [1.165, 1.54) is 0 Å². The lowest BCUT2D eigenvalue weighted by Crippen LogP contribution is -2.29. The number of hydrogen-bond donors (Lipinski definition) is 1. The molecule has 1 atom stereocenters. The van der Waals surface area contributed by atoms with Crippen LogP contribution >= 0.6 is 0 Å². The third-order valence-corrected chi connectivity index (χ3v) is 3.52. The van der Waals surface area contributed by atoms with Crippen LogP contribution in [0.5, 0.6) is 5.75 Å². The first kappa shape index (κ1) is 12.7. The van der Waals surface area contributed by atoms with Crippen LogP contribution in [-0.4, -0.2) is 17.2 Å². The lowest BCUT2D eigenvalue weighted by molar-refractivity contribution is -0.146. The zero-order chi connectivity index (χ0) is 13.9. The van der Waals surface area contributed by atoms with Crippen LogP contribution in [0.25, 0.3) is 11.1 Å². The highest BCUT2D eigenvalue weighted by Gasteiger charge is 2.38. The zero-order valence-electron chi connectivity index (χ0n) is 11.0. The molecule has 0 saturated heterocycles. The van der Waals surface area contributed by atoms with E-state index in [2.05, 4.69) is 0 Å². The molecule has 3 rings (SSSR count). The van der Waals surface area contributed by atoms with Gasteiger partial charge in [0.1, 0.15) is 5.75 Å². The molecular formula is C17H16O3. The maximum absolute atomic E-state index is 11.1. The molecule has 1 saturated carbocycles. The summed E-state index contributed by atoms with van der Waals surface area (Å²) in [6, 6.07) is 17.6. The molecule has 1 aliphatic rings. The van der Waals surface area contributed by atoms with Gasteiger partial charge in [0.15, 0.2) is 6.10 Å². The summed E-state index contributed by atoms with van der Waals surface area (Å²) in [5, 5.41) is 9.15. The van der Waals surface area contributed by atoms with E-state index in [1.54, 1.807) is 0 Å². The fourth-order valence-electron chi connectivity index (χ4n) is 2.25. The van der Waals surface area contributed by atoms with E-state index >= 15 is 0 Å². The molecule has 102 valence electrons. The maximum atomic E-state index is 11.1. The van der Waals surface area contributed by atoms with Crippen LogP contribution in [0.2, 0.25) is 0 Å². The van der Waals surface area contributed by atoms with E-state index in [4.69, 9.17) is 9.84 Å². The zero-order valence-corrected chi connectivity index (χ0v) is 11.0. The van der Waals surface area contributed by atoms with Gasteiger partial charge in [0.25, 0.3) is 0 Å². The predicted octanol–water partition coefficient (Wildman–Crippen LogP) is 3.60. The van der Waals surface area contributed by atoms with Crippen molar-refractivity contribution in [2.45, 2.75) is 18.9 Å². The van der Waals surface area contributed by atoms with Crippen molar-refractivity contribution in [2.24, 2.45) is 5.92 Å². The Morgan fingerprint density at radius 3 is 2.15 bits per heavy atom. The summed E-state index contributed by atoms with van der Waals surface area (Å²) in [6.07, 6.45) is 1.18. The largest absolute Gasteiger partial charge is 0.478 e. The minimum Gasteiger partial charge on any atom is -0.478 e. The molecule has 0 radical (unpaired) electrons. The van der Waals surface area contributed by atoms with Crippen LogP contribution in [-0.2, 0) is 4.79 Å². The summed E-state index contributed by atoms with van der Waals surface area (Å²) < 4.78 is 5.59. The van der Waals surface area contributed by atoms with Gasteiger partial charge >= 0.3 is 5.97 Å². The molecule has 0 heterocycles. The minimum atomic E-state index is -0.875. The van der Waals surface area contributed by atoms with Crippen LogP contribution < -0.4 is 4.74 Å². The highest BCUT2D eigenvalue weighted by Crippen LogP contribution is 2.35. The summed E-state index contributed by atoms with van der Waals surface area (Å²) in [6.45, 7) is 0. The Morgan fingerprint density at radius 1 is 1.00 bits per heavy atom. The highest BCUT2D eigenvalue weighted by atomic mass is 16.5. The van der Waals surface area contributed by atoms with Crippen LogP contribution in [0.15, 0.2) is 54.6 Å². The lowest BCUT2D eigenvalue weighted by Gasteiger charge is -2.14. The van der Waals surface area contributed by atoms with E-state index in [9.17, 15) is 4.79 Å². The smallest absolute Gasteiger partial charge is 0.345 e. The summed E-state index contributed by atoms with van der Waals surface area (Å²) in [4.78, 5) is 11.1. The first-order chi connectivity index (χ1) is 9.74. The number of benzene rings is 2. The van der Waals surface area contributed by atoms with Crippen LogP contribution in [0.1, 0.15) is 12.8 Å². The first-order valence-corrected chi connectivity index (χ1v) is 6.79. The SMILES string of the molecule is O=C(O)C(Oc1ccc(-c2ccccc2)cc1)C1CC1. The number of carboxylic acids is 1. The van der Waals surface area contributed by atoms with Crippen molar-refractivity contribution in [3.63, 3.8) is 0 Å². The Hall–Kier alpha value is -2.29. The monoisotopic (exact) mass is 268 g/mol. The summed E-state index contributed by atoms with van der Waals surface area (Å²) >= 11 is 0. The molecule has 0 aromatic heterocycles. The number of hydrogen-bond acceptors (Lipinski definition) is 2. The second-order valence-corrected chi connectivity index (χ2v) is 5.10. The normalized spacial score (nSPS) is 15.6. The highest BCUT2D eigenvalue weighted by molar-refractivity contribution is 5.73. The van der Waals surface area contributed by atoms with Crippen molar-refractivity contribution >= 4 is 5.97 Å². The number of aliphatic carboxylic acids is 1. The van der Waals surface area contributed by atoms with Gasteiger partial charge < -0.3 is 9.84 Å². The van der Waals surface area contributed by atoms with Gasteiger partial charge in [0.05, 0.1) is 0 Å². The van der Waals surface area contributed by atoms with Crippen LogP contribution in [0.3, 0.4) is 0 Å². The molecule has 1 unspecified atom stereocenters. The number of carboxylic acid groups (broad SMARTS) is 1. The van der Waals surface area contributed by atoms with E-state index in [1.807, 2.05) is 54.6 Å². The lowest BCUT2D eigenvalue weighted by atomic mass is 10.1. The number of rotatable bonds is 5. The fourth-order valence-corrected chi connectivity index (χ4v) is 2.25. The fraction of sp³-hybridized carbons (Fsp3) is 0.235. The molecule has 2 aromatic rings. The Balaban J connectivity index is 1.74. The second-order valence-electron chi connectivity index (χ2n) is 5.10. The summed E-state index contributed by atoms with van der Waals surface area (Å²) in [7, 11) is 0. The molecule has 0 bridgehead atoms. The molecule has 0 spiro atoms. The van der Waals surface area contributed by atoms with Crippen molar-refractivity contribution in [3.05, 3.63) is 54.6 Å². The Labute approximate surface area is 117 Å². The van der Waals surface area contributed by atoms with E-state index in [0.29, 0.717) is 5.75 Å². The molecule has 0 aliphatic heterocycles. The minimum absolute atomic E-state index is 0.168. The van der Waals surface area contributed by atoms with Gasteiger partial charge in [-0.1, -0.05) is 42.5 Å². The maximum Gasteiger partial charge on any atom is 0.345 e. The van der Waals surface area contributed by atoms with Crippen LogP contribution in [0, 0.1) is 5.92 Å². The molecule has 3 nitrogen and oxygen atoms in total. The van der Waals surface area contributed by atoms with Gasteiger partial charge in [0, 0.05) is 5.92 Å². The Morgan fingerprint density at radius 2 is 1.60 bits per heavy atom. The van der Waals surface area contributed by atoms with Gasteiger partial charge in [-0.2, -0.15) is 0 Å². The second kappa shape index (κ2) is 5.37. The average molecular weight is 268 g/mol. The van der Waals surface area contributed by atoms with Crippen molar-refractivity contribution in [1.29, 1.82) is 0 Å². The summed E-state index contributed by atoms with van der Waals surface area (Å²) in [5.74, 6) is -0.0927. The molecule has 1 fully saturated rings. The molecule has 2 aromatic carbocycles. The van der Waals surface area contributed by atoms with Gasteiger partial charge in [-0.05, 0) is 36.1 Å². The Kier molecular flexibility index (Phi) is 3.42. The summed E-state index contributed by atoms with van der Waals surface area (Å²) in [5.41, 5.74) is 2.23. The van der Waals surface area contributed by atoms with Gasteiger partial charge in [-0.15, -0.1) is 0 Å². The Bertz CT molecular complexity index is 585. The van der Waals surface area contributed by atoms with Crippen molar-refractivity contribution in [3.8, 4) is 16.9 Å². The van der Waals surface area contributed by atoms with Crippen molar-refractivity contribution in [1.82, 2.24) is 0 Å². The first-order valence-electron chi connectivity index (χ1n) is 6.79. The molecule has 20 heavy (non-hydrogen) atoms. The van der Waals surface area contributed by atoms with E-state index < -0.39 is 12.1 Å². The van der Waals surface area contributed by atoms with Crippen molar-refractivity contribution in [2.75, 3.05) is 0 Å². The quantitative estimate of drug-likeness (QED) is 0.901. The van der Waals surface area contributed by atoms with Gasteiger partial charge in [-0.3, -0.25) is 0 Å². The number of ether oxygens (including phenoxy) is 1. The number of carbonyl (C=O) groups is 1. The average Bonchev–Trinajstić information content (AvgIpc) is 3.30. The third kappa shape index (κ3) is 2.82. The third-order valence-electron chi connectivity index (χ3n) is 3.52. The standard InChI is InChI=1S/C17H16O3/c18-17(19)16(14-6-7-14)20-15-10-8-13(9-11-15)12-4-2-1-3-5-12/h1-5,8-11,14,16H,6-7H2,(H,18,19). The van der Waals surface area contributed by atoms with Crippen LogP contribution in [0.4, 0.5) is 0 Å². The molecule has 0 amide bonds. The molecule has 3 heteroatoms. The molecule has 1 N–H and O–H groups in total. The molecule has 1 aliphatic carbocycles. The molecular weight excluding hydrogens is 252 g/mol. The topological polar surface area (TPSA) is 46.5 Å². The predicted molar refractivity (Wildman–Crippen MR) is 76.7 cm³/mol. The van der Waals surface area contributed by atoms with E-state index in [0.717, 1.165) is 24.0 Å². The van der Waals surface area contributed by atoms with E-state index in [-0.39, 0.29) is 5.92 Å².